The maximum absolute atomic E-state index is 12.1. The number of hydrogen-bond donors (Lipinski definition) is 1. The van der Waals surface area contributed by atoms with Gasteiger partial charge >= 0.3 is 0 Å². The highest BCUT2D eigenvalue weighted by molar-refractivity contribution is 8.21. The molecule has 148 valence electrons. The monoisotopic (exact) mass is 416 g/mol. The molecule has 0 saturated carbocycles. The third kappa shape index (κ3) is 5.94. The molecule has 1 amide bonds. The van der Waals surface area contributed by atoms with Crippen molar-refractivity contribution >= 4 is 35.6 Å². The zero-order valence-electron chi connectivity index (χ0n) is 16.0. The number of amides is 1. The molecule has 1 fully saturated rings. The van der Waals surface area contributed by atoms with Crippen LogP contribution in [0.5, 0.6) is 11.5 Å². The first-order chi connectivity index (χ1) is 13.6. The molecule has 0 atom stereocenters. The van der Waals surface area contributed by atoms with Crippen LogP contribution in [-0.4, -0.2) is 34.8 Å². The van der Waals surface area contributed by atoms with E-state index in [2.05, 4.69) is 17.5 Å². The van der Waals surface area contributed by atoms with Crippen LogP contribution in [-0.2, 0) is 11.4 Å². The molecule has 1 heterocycles. The van der Waals surface area contributed by atoms with Crippen LogP contribution in [0, 0.1) is 0 Å². The van der Waals surface area contributed by atoms with Gasteiger partial charge in [0.05, 0.1) is 23.8 Å². The van der Waals surface area contributed by atoms with E-state index in [1.807, 2.05) is 72.1 Å². The molecule has 0 bridgehead atoms. The number of hydrazone groups is 1. The van der Waals surface area contributed by atoms with Gasteiger partial charge in [-0.25, -0.2) is 5.43 Å². The summed E-state index contributed by atoms with van der Waals surface area (Å²) < 4.78 is 11.2. The molecular formula is C21H24N2O3S2. The van der Waals surface area contributed by atoms with Crippen LogP contribution in [0.15, 0.2) is 53.6 Å². The van der Waals surface area contributed by atoms with Gasteiger partial charge in [-0.2, -0.15) is 5.10 Å². The van der Waals surface area contributed by atoms with Gasteiger partial charge in [-0.05, 0) is 36.2 Å². The van der Waals surface area contributed by atoms with Crippen LogP contribution in [0.3, 0.4) is 0 Å². The summed E-state index contributed by atoms with van der Waals surface area (Å²) in [7, 11) is 1.60. The molecule has 0 aliphatic carbocycles. The average Bonchev–Trinajstić information content (AvgIpc) is 3.13. The Hall–Kier alpha value is -2.12. The zero-order valence-corrected chi connectivity index (χ0v) is 17.6. The molecule has 2 aromatic rings. The summed E-state index contributed by atoms with van der Waals surface area (Å²) in [5.41, 5.74) is 4.52. The Morgan fingerprint density at radius 3 is 2.64 bits per heavy atom. The van der Waals surface area contributed by atoms with Crippen LogP contribution < -0.4 is 14.9 Å². The molecule has 1 N–H and O–H groups in total. The second kappa shape index (κ2) is 9.89. The van der Waals surface area contributed by atoms with Crippen LogP contribution in [0.25, 0.3) is 0 Å². The number of rotatable bonds is 8. The number of carbonyl (C=O) groups excluding carboxylic acids is 1. The van der Waals surface area contributed by atoms with E-state index in [0.717, 1.165) is 22.6 Å². The molecule has 0 radical (unpaired) electrons. The number of hydrogen-bond acceptors (Lipinski definition) is 6. The van der Waals surface area contributed by atoms with Gasteiger partial charge in [-0.15, -0.1) is 23.5 Å². The highest BCUT2D eigenvalue weighted by atomic mass is 32.2. The van der Waals surface area contributed by atoms with Gasteiger partial charge in [0, 0.05) is 11.5 Å². The lowest BCUT2D eigenvalue weighted by Crippen LogP contribution is -2.26. The summed E-state index contributed by atoms with van der Waals surface area (Å²) in [6, 6.07) is 15.5. The fraction of sp³-hybridized carbons (Fsp3) is 0.333. The van der Waals surface area contributed by atoms with Crippen LogP contribution in [0.4, 0.5) is 0 Å². The van der Waals surface area contributed by atoms with Crippen molar-refractivity contribution < 1.29 is 14.3 Å². The summed E-state index contributed by atoms with van der Waals surface area (Å²) >= 11 is 3.66. The average molecular weight is 417 g/mol. The first kappa shape index (κ1) is 20.6. The van der Waals surface area contributed by atoms with E-state index in [4.69, 9.17) is 9.47 Å². The highest BCUT2D eigenvalue weighted by Crippen LogP contribution is 2.45. The predicted molar refractivity (Wildman–Crippen MR) is 117 cm³/mol. The zero-order chi connectivity index (χ0) is 19.8. The largest absolute Gasteiger partial charge is 0.493 e. The fourth-order valence-electron chi connectivity index (χ4n) is 2.79. The van der Waals surface area contributed by atoms with E-state index in [1.165, 1.54) is 0 Å². The molecule has 1 aliphatic heterocycles. The SMILES string of the molecule is COc1cc(C=NNC(=O)CC2(C)SCCS2)ccc1OCc1ccccc1. The van der Waals surface area contributed by atoms with E-state index in [0.29, 0.717) is 24.5 Å². The Bertz CT molecular complexity index is 822. The first-order valence-corrected chi connectivity index (χ1v) is 11.0. The quantitative estimate of drug-likeness (QED) is 0.513. The predicted octanol–water partition coefficient (Wildman–Crippen LogP) is 4.31. The Labute approximate surface area is 174 Å². The fourth-order valence-corrected chi connectivity index (χ4v) is 5.62. The Balaban J connectivity index is 1.55. The standard InChI is InChI=1S/C21H24N2O3S2/c1-21(27-10-11-28-21)13-20(24)23-22-14-17-8-9-18(19(12-17)25-2)26-15-16-6-4-3-5-7-16/h3-9,12,14H,10-11,13,15H2,1-2H3,(H,23,24). The second-order valence-electron chi connectivity index (χ2n) is 6.49. The summed E-state index contributed by atoms with van der Waals surface area (Å²) in [5.74, 6) is 3.40. The van der Waals surface area contributed by atoms with Crippen molar-refractivity contribution in [3.63, 3.8) is 0 Å². The Morgan fingerprint density at radius 2 is 1.93 bits per heavy atom. The van der Waals surface area contributed by atoms with Crippen molar-refractivity contribution in [1.82, 2.24) is 5.43 Å². The number of benzene rings is 2. The Kier molecular flexibility index (Phi) is 7.28. The first-order valence-electron chi connectivity index (χ1n) is 9.02. The molecule has 0 spiro atoms. The molecule has 2 aromatic carbocycles. The topological polar surface area (TPSA) is 59.9 Å². The van der Waals surface area contributed by atoms with Gasteiger partial charge in [0.15, 0.2) is 11.5 Å². The van der Waals surface area contributed by atoms with E-state index in [1.54, 1.807) is 13.3 Å². The minimum absolute atomic E-state index is 0.0411. The lowest BCUT2D eigenvalue weighted by Gasteiger charge is -2.19. The molecule has 1 saturated heterocycles. The molecule has 0 aromatic heterocycles. The molecule has 1 aliphatic rings. The maximum Gasteiger partial charge on any atom is 0.242 e. The van der Waals surface area contributed by atoms with Crippen molar-refractivity contribution in [3.05, 3.63) is 59.7 Å². The van der Waals surface area contributed by atoms with E-state index in [-0.39, 0.29) is 9.99 Å². The Morgan fingerprint density at radius 1 is 1.18 bits per heavy atom. The summed E-state index contributed by atoms with van der Waals surface area (Å²) in [4.78, 5) is 12.1. The van der Waals surface area contributed by atoms with Crippen molar-refractivity contribution in [1.29, 1.82) is 0 Å². The third-order valence-corrected chi connectivity index (χ3v) is 7.50. The van der Waals surface area contributed by atoms with Crippen LogP contribution in [0.1, 0.15) is 24.5 Å². The number of nitrogens with one attached hydrogen (secondary N) is 1. The number of thioether (sulfide) groups is 2. The summed E-state index contributed by atoms with van der Waals surface area (Å²) in [6.45, 7) is 2.58. The van der Waals surface area contributed by atoms with Crippen molar-refractivity contribution in [2.45, 2.75) is 24.0 Å². The highest BCUT2D eigenvalue weighted by Gasteiger charge is 2.32. The molecular weight excluding hydrogens is 392 g/mol. The van der Waals surface area contributed by atoms with Gasteiger partial charge in [0.25, 0.3) is 0 Å². The number of ether oxygens (including phenoxy) is 2. The van der Waals surface area contributed by atoms with Gasteiger partial charge in [0.1, 0.15) is 6.61 Å². The molecule has 3 rings (SSSR count). The van der Waals surface area contributed by atoms with Gasteiger partial charge in [-0.3, -0.25) is 4.79 Å². The normalized spacial score (nSPS) is 15.5. The van der Waals surface area contributed by atoms with E-state index in [9.17, 15) is 4.79 Å². The molecule has 0 unspecified atom stereocenters. The maximum atomic E-state index is 12.1. The number of methoxy groups -OCH3 is 1. The molecule has 5 nitrogen and oxygen atoms in total. The van der Waals surface area contributed by atoms with E-state index < -0.39 is 0 Å². The van der Waals surface area contributed by atoms with Crippen LogP contribution in [0.2, 0.25) is 0 Å². The summed E-state index contributed by atoms with van der Waals surface area (Å²) in [5, 5.41) is 4.07. The third-order valence-electron chi connectivity index (χ3n) is 4.21. The second-order valence-corrected chi connectivity index (χ2v) is 9.94. The molecule has 7 heteroatoms. The van der Waals surface area contributed by atoms with Crippen LogP contribution >= 0.6 is 23.5 Å². The van der Waals surface area contributed by atoms with Gasteiger partial charge < -0.3 is 9.47 Å². The minimum Gasteiger partial charge on any atom is -0.493 e. The number of carbonyl (C=O) groups is 1. The molecule has 28 heavy (non-hydrogen) atoms. The minimum atomic E-state index is -0.0737. The lowest BCUT2D eigenvalue weighted by molar-refractivity contribution is -0.121. The van der Waals surface area contributed by atoms with Crippen molar-refractivity contribution in [3.8, 4) is 11.5 Å². The summed E-state index contributed by atoms with van der Waals surface area (Å²) in [6.07, 6.45) is 2.06. The van der Waals surface area contributed by atoms with Crippen molar-refractivity contribution in [2.24, 2.45) is 5.10 Å². The smallest absolute Gasteiger partial charge is 0.242 e. The van der Waals surface area contributed by atoms with E-state index >= 15 is 0 Å². The van der Waals surface area contributed by atoms with Gasteiger partial charge in [-0.1, -0.05) is 30.3 Å². The number of nitrogens with zero attached hydrogens (tertiary/aromatic N) is 1. The van der Waals surface area contributed by atoms with Crippen molar-refractivity contribution in [2.75, 3.05) is 18.6 Å². The van der Waals surface area contributed by atoms with Gasteiger partial charge in [0.2, 0.25) is 5.91 Å². The lowest BCUT2D eigenvalue weighted by atomic mass is 10.2.